The van der Waals surface area contributed by atoms with Gasteiger partial charge in [-0.25, -0.2) is 4.98 Å². The smallest absolute Gasteiger partial charge is 0.195 e. The molecule has 2 aromatic heterocycles. The number of nitrogens with zero attached hydrogens (tertiary/aromatic N) is 3. The third-order valence-electron chi connectivity index (χ3n) is 4.21. The molecule has 0 atom stereocenters. The van der Waals surface area contributed by atoms with Crippen molar-refractivity contribution < 1.29 is 5.11 Å². The summed E-state index contributed by atoms with van der Waals surface area (Å²) in [5.41, 5.74) is 3.77. The van der Waals surface area contributed by atoms with E-state index < -0.39 is 0 Å². The second kappa shape index (κ2) is 5.16. The molecule has 0 spiro atoms. The maximum Gasteiger partial charge on any atom is 0.195 e. The highest BCUT2D eigenvalue weighted by Gasteiger charge is 2.21. The number of aromatic nitrogens is 2. The second-order valence-electron chi connectivity index (χ2n) is 5.35. The molecule has 1 aliphatic rings. The lowest BCUT2D eigenvalue weighted by molar-refractivity contribution is 0.276. The summed E-state index contributed by atoms with van der Waals surface area (Å²) in [5, 5.41) is 11.7. The number of aliphatic hydroxyl groups excluding tert-OH is 1. The van der Waals surface area contributed by atoms with Crippen molar-refractivity contribution in [2.45, 2.75) is 19.4 Å². The van der Waals surface area contributed by atoms with Crippen LogP contribution in [0.1, 0.15) is 16.8 Å². The predicted molar refractivity (Wildman–Crippen MR) is 85.1 cm³/mol. The van der Waals surface area contributed by atoms with E-state index in [1.54, 1.807) is 11.3 Å². The molecule has 0 radical (unpaired) electrons. The van der Waals surface area contributed by atoms with Crippen molar-refractivity contribution in [2.24, 2.45) is 0 Å². The molecule has 1 aromatic carbocycles. The lowest BCUT2D eigenvalue weighted by Crippen LogP contribution is -2.27. The first kappa shape index (κ1) is 12.9. The molecule has 108 valence electrons. The van der Waals surface area contributed by atoms with E-state index in [1.165, 1.54) is 11.1 Å². The van der Waals surface area contributed by atoms with Crippen LogP contribution in [0.3, 0.4) is 0 Å². The molecule has 0 fully saturated rings. The van der Waals surface area contributed by atoms with Gasteiger partial charge in [0.25, 0.3) is 0 Å². The zero-order valence-electron chi connectivity index (χ0n) is 11.7. The first-order valence-electron chi connectivity index (χ1n) is 7.24. The molecule has 4 nitrogen and oxygen atoms in total. The van der Waals surface area contributed by atoms with E-state index in [1.807, 2.05) is 16.0 Å². The van der Waals surface area contributed by atoms with Crippen molar-refractivity contribution in [1.29, 1.82) is 0 Å². The lowest BCUT2D eigenvalue weighted by Gasteiger charge is -2.21. The van der Waals surface area contributed by atoms with Crippen LogP contribution in [0.2, 0.25) is 0 Å². The van der Waals surface area contributed by atoms with Crippen LogP contribution in [0.5, 0.6) is 0 Å². The number of thiazole rings is 1. The summed E-state index contributed by atoms with van der Waals surface area (Å²) in [5.74, 6) is 0.942. The van der Waals surface area contributed by atoms with Gasteiger partial charge in [0, 0.05) is 24.7 Å². The Balaban J connectivity index is 1.69. The Morgan fingerprint density at radius 2 is 1.86 bits per heavy atom. The van der Waals surface area contributed by atoms with E-state index in [0.29, 0.717) is 0 Å². The quantitative estimate of drug-likeness (QED) is 0.790. The average Bonchev–Trinajstić information content (AvgIpc) is 3.02. The van der Waals surface area contributed by atoms with Gasteiger partial charge in [0.05, 0.1) is 12.3 Å². The maximum atomic E-state index is 9.72. The Morgan fingerprint density at radius 1 is 1.14 bits per heavy atom. The summed E-state index contributed by atoms with van der Waals surface area (Å²) in [6, 6.07) is 8.66. The summed E-state index contributed by atoms with van der Waals surface area (Å²) >= 11 is 1.61. The van der Waals surface area contributed by atoms with Crippen LogP contribution in [0, 0.1) is 0 Å². The molecule has 5 heteroatoms. The van der Waals surface area contributed by atoms with Gasteiger partial charge in [0.2, 0.25) is 0 Å². The molecule has 1 N–H and O–H groups in total. The lowest BCUT2D eigenvalue weighted by atomic mass is 10.0. The SMILES string of the molecule is OCc1c(N2CCc3ccccc3CC2)nc2sccn12. The Morgan fingerprint density at radius 3 is 2.52 bits per heavy atom. The molecule has 1 aliphatic heterocycles. The van der Waals surface area contributed by atoms with Crippen LogP contribution in [0.4, 0.5) is 5.82 Å². The number of rotatable bonds is 2. The topological polar surface area (TPSA) is 40.8 Å². The van der Waals surface area contributed by atoms with Crippen molar-refractivity contribution in [3.05, 3.63) is 52.7 Å². The largest absolute Gasteiger partial charge is 0.390 e. The first-order chi connectivity index (χ1) is 10.4. The Kier molecular flexibility index (Phi) is 3.16. The molecular formula is C16H17N3OS. The van der Waals surface area contributed by atoms with Crippen LogP contribution in [0.15, 0.2) is 35.8 Å². The fourth-order valence-corrected chi connectivity index (χ4v) is 3.83. The molecule has 0 bridgehead atoms. The zero-order chi connectivity index (χ0) is 14.2. The van der Waals surface area contributed by atoms with Gasteiger partial charge in [-0.3, -0.25) is 4.40 Å². The fraction of sp³-hybridized carbons (Fsp3) is 0.312. The van der Waals surface area contributed by atoms with Crippen molar-refractivity contribution in [3.8, 4) is 0 Å². The van der Waals surface area contributed by atoms with Gasteiger partial charge >= 0.3 is 0 Å². The number of fused-ring (bicyclic) bond motifs is 2. The molecule has 4 rings (SSSR count). The number of benzene rings is 1. The fourth-order valence-electron chi connectivity index (χ4n) is 3.10. The minimum Gasteiger partial charge on any atom is -0.390 e. The number of hydrogen-bond acceptors (Lipinski definition) is 4. The molecule has 21 heavy (non-hydrogen) atoms. The van der Waals surface area contributed by atoms with Gasteiger partial charge in [-0.15, -0.1) is 11.3 Å². The standard InChI is InChI=1S/C16H17N3OS/c20-11-14-15(17-16-19(14)9-10-21-16)18-7-5-12-3-1-2-4-13(12)6-8-18/h1-4,9-10,20H,5-8,11H2. The van der Waals surface area contributed by atoms with Gasteiger partial charge < -0.3 is 10.0 Å². The van der Waals surface area contributed by atoms with Gasteiger partial charge in [-0.2, -0.15) is 0 Å². The van der Waals surface area contributed by atoms with Gasteiger partial charge in [0.1, 0.15) is 0 Å². The van der Waals surface area contributed by atoms with Crippen molar-refractivity contribution in [3.63, 3.8) is 0 Å². The van der Waals surface area contributed by atoms with Crippen molar-refractivity contribution in [1.82, 2.24) is 9.38 Å². The summed E-state index contributed by atoms with van der Waals surface area (Å²) in [6.45, 7) is 1.93. The number of anilines is 1. The Labute approximate surface area is 127 Å². The molecule has 0 saturated heterocycles. The molecule has 0 saturated carbocycles. The predicted octanol–water partition coefficient (Wildman–Crippen LogP) is 2.49. The van der Waals surface area contributed by atoms with Crippen LogP contribution in [-0.4, -0.2) is 27.6 Å². The maximum absolute atomic E-state index is 9.72. The van der Waals surface area contributed by atoms with Crippen LogP contribution in [0.25, 0.3) is 4.96 Å². The van der Waals surface area contributed by atoms with Gasteiger partial charge in [-0.1, -0.05) is 24.3 Å². The molecule has 3 aromatic rings. The number of hydrogen-bond donors (Lipinski definition) is 1. The van der Waals surface area contributed by atoms with Gasteiger partial charge in [0.15, 0.2) is 10.8 Å². The molecular weight excluding hydrogens is 282 g/mol. The third kappa shape index (κ3) is 2.13. The van der Waals surface area contributed by atoms with E-state index in [9.17, 15) is 5.11 Å². The van der Waals surface area contributed by atoms with Crippen LogP contribution >= 0.6 is 11.3 Å². The normalized spacial score (nSPS) is 15.2. The van der Waals surface area contributed by atoms with Crippen molar-refractivity contribution >= 4 is 22.1 Å². The second-order valence-corrected chi connectivity index (χ2v) is 6.22. The molecule has 0 unspecified atom stereocenters. The number of imidazole rings is 1. The zero-order valence-corrected chi connectivity index (χ0v) is 12.5. The van der Waals surface area contributed by atoms with Crippen molar-refractivity contribution in [2.75, 3.05) is 18.0 Å². The van der Waals surface area contributed by atoms with E-state index in [4.69, 9.17) is 4.98 Å². The first-order valence-corrected chi connectivity index (χ1v) is 8.12. The Bertz CT molecular complexity index is 750. The highest BCUT2D eigenvalue weighted by molar-refractivity contribution is 7.15. The van der Waals surface area contributed by atoms with E-state index in [0.717, 1.165) is 42.4 Å². The molecule has 3 heterocycles. The average molecular weight is 299 g/mol. The van der Waals surface area contributed by atoms with Gasteiger partial charge in [-0.05, 0) is 24.0 Å². The van der Waals surface area contributed by atoms with Crippen LogP contribution in [-0.2, 0) is 19.4 Å². The highest BCUT2D eigenvalue weighted by Crippen LogP contribution is 2.27. The molecule has 0 amide bonds. The monoisotopic (exact) mass is 299 g/mol. The van der Waals surface area contributed by atoms with E-state index in [-0.39, 0.29) is 6.61 Å². The minimum absolute atomic E-state index is 0.0245. The summed E-state index contributed by atoms with van der Waals surface area (Å²) in [7, 11) is 0. The summed E-state index contributed by atoms with van der Waals surface area (Å²) in [4.78, 5) is 7.98. The molecule has 0 aliphatic carbocycles. The highest BCUT2D eigenvalue weighted by atomic mass is 32.1. The van der Waals surface area contributed by atoms with E-state index >= 15 is 0 Å². The summed E-state index contributed by atoms with van der Waals surface area (Å²) in [6.07, 6.45) is 4.05. The van der Waals surface area contributed by atoms with E-state index in [2.05, 4.69) is 29.2 Å². The van der Waals surface area contributed by atoms with Crippen LogP contribution < -0.4 is 4.90 Å². The number of aliphatic hydroxyl groups is 1. The Hall–Kier alpha value is -1.85. The summed E-state index contributed by atoms with van der Waals surface area (Å²) < 4.78 is 2.00. The third-order valence-corrected chi connectivity index (χ3v) is 4.97. The minimum atomic E-state index is 0.0245.